The molecule has 9 heteroatoms. The molecule has 3 aromatic rings. The molecule has 0 fully saturated rings. The monoisotopic (exact) mass is 421 g/mol. The van der Waals surface area contributed by atoms with E-state index in [-0.39, 0.29) is 29.5 Å². The number of alkyl halides is 3. The Morgan fingerprint density at radius 1 is 1.03 bits per heavy atom. The second-order valence-electron chi connectivity index (χ2n) is 6.14. The van der Waals surface area contributed by atoms with E-state index in [0.29, 0.717) is 16.3 Å². The molecule has 0 saturated carbocycles. The van der Waals surface area contributed by atoms with Crippen LogP contribution in [-0.2, 0) is 17.4 Å². The van der Waals surface area contributed by atoms with E-state index in [9.17, 15) is 23.1 Å². The minimum atomic E-state index is -4.52. The summed E-state index contributed by atoms with van der Waals surface area (Å²) in [6.45, 7) is 0. The Morgan fingerprint density at radius 2 is 1.76 bits per heavy atom. The molecular weight excluding hydrogens is 407 g/mol. The number of phenols is 1. The summed E-state index contributed by atoms with van der Waals surface area (Å²) in [5.41, 5.74) is 0.703. The van der Waals surface area contributed by atoms with Gasteiger partial charge in [0.25, 0.3) is 0 Å². The van der Waals surface area contributed by atoms with E-state index in [1.54, 1.807) is 24.3 Å². The number of rotatable bonds is 5. The number of benzene rings is 2. The summed E-state index contributed by atoms with van der Waals surface area (Å²) in [7, 11) is 0. The summed E-state index contributed by atoms with van der Waals surface area (Å²) in [6, 6.07) is 13.3. The van der Waals surface area contributed by atoms with E-state index in [0.717, 1.165) is 12.3 Å². The quantitative estimate of drug-likeness (QED) is 0.483. The molecule has 0 aliphatic carbocycles. The van der Waals surface area contributed by atoms with E-state index in [1.165, 1.54) is 24.3 Å². The van der Waals surface area contributed by atoms with Gasteiger partial charge < -0.3 is 15.7 Å². The fourth-order valence-corrected chi connectivity index (χ4v) is 2.70. The molecule has 3 N–H and O–H groups in total. The Balaban J connectivity index is 1.63. The Morgan fingerprint density at radius 3 is 2.45 bits per heavy atom. The van der Waals surface area contributed by atoms with E-state index >= 15 is 0 Å². The summed E-state index contributed by atoms with van der Waals surface area (Å²) in [5.74, 6) is -0.454. The van der Waals surface area contributed by atoms with Crippen LogP contribution in [0.3, 0.4) is 0 Å². The number of nitrogens with zero attached hydrogens (tertiary/aromatic N) is 1. The topological polar surface area (TPSA) is 74.2 Å². The molecule has 0 spiro atoms. The zero-order valence-electron chi connectivity index (χ0n) is 14.8. The van der Waals surface area contributed by atoms with Gasteiger partial charge in [0.2, 0.25) is 5.91 Å². The molecule has 3 rings (SSSR count). The maximum atomic E-state index is 12.7. The first-order valence-corrected chi connectivity index (χ1v) is 8.76. The van der Waals surface area contributed by atoms with Crippen LogP contribution in [0, 0.1) is 0 Å². The summed E-state index contributed by atoms with van der Waals surface area (Å²) in [5, 5.41) is 15.5. The van der Waals surface area contributed by atoms with Crippen LogP contribution in [0.1, 0.15) is 11.3 Å². The van der Waals surface area contributed by atoms with Crippen molar-refractivity contribution in [2.24, 2.45) is 0 Å². The number of amides is 1. The van der Waals surface area contributed by atoms with Gasteiger partial charge in [0.1, 0.15) is 11.4 Å². The van der Waals surface area contributed by atoms with Crippen LogP contribution in [0.4, 0.5) is 30.2 Å². The SMILES string of the molecule is O=C(Cc1ccc(Nc2ccnc(C(F)(F)F)c2)cc1)Nc1cc(Cl)ccc1O. The van der Waals surface area contributed by atoms with Gasteiger partial charge in [0, 0.05) is 22.6 Å². The molecule has 150 valence electrons. The van der Waals surface area contributed by atoms with Gasteiger partial charge in [0.05, 0.1) is 12.1 Å². The third-order valence-corrected chi connectivity index (χ3v) is 4.13. The molecule has 0 aliphatic heterocycles. The number of halogens is 4. The molecule has 0 atom stereocenters. The molecule has 5 nitrogen and oxygen atoms in total. The van der Waals surface area contributed by atoms with Crippen molar-refractivity contribution in [3.05, 3.63) is 77.1 Å². The van der Waals surface area contributed by atoms with E-state index in [2.05, 4.69) is 15.6 Å². The highest BCUT2D eigenvalue weighted by Crippen LogP contribution is 2.30. The Hall–Kier alpha value is -3.26. The van der Waals surface area contributed by atoms with E-state index < -0.39 is 11.9 Å². The van der Waals surface area contributed by atoms with Crippen LogP contribution < -0.4 is 10.6 Å². The molecule has 1 amide bonds. The number of aromatic nitrogens is 1. The summed E-state index contributed by atoms with van der Waals surface area (Å²) in [6.07, 6.45) is -3.40. The lowest BCUT2D eigenvalue weighted by molar-refractivity contribution is -0.141. The van der Waals surface area contributed by atoms with Gasteiger partial charge in [-0.2, -0.15) is 13.2 Å². The first-order chi connectivity index (χ1) is 13.7. The van der Waals surface area contributed by atoms with Gasteiger partial charge in [-0.25, -0.2) is 0 Å². The zero-order valence-corrected chi connectivity index (χ0v) is 15.6. The molecule has 0 bridgehead atoms. The number of aromatic hydroxyl groups is 1. The first kappa shape index (κ1) is 20.5. The van der Waals surface area contributed by atoms with Crippen molar-refractivity contribution in [1.29, 1.82) is 0 Å². The van der Waals surface area contributed by atoms with Crippen LogP contribution in [0.5, 0.6) is 5.75 Å². The number of carbonyl (C=O) groups excluding carboxylic acids is 1. The van der Waals surface area contributed by atoms with Gasteiger partial charge in [-0.05, 0) is 48.0 Å². The predicted octanol–water partition coefficient (Wildman–Crippen LogP) is 5.38. The Labute approximate surface area is 169 Å². The number of hydrogen-bond donors (Lipinski definition) is 3. The zero-order chi connectivity index (χ0) is 21.0. The second-order valence-corrected chi connectivity index (χ2v) is 6.57. The standard InChI is InChI=1S/C20H15ClF3N3O2/c21-13-3-6-17(28)16(10-13)27-19(29)9-12-1-4-14(5-2-12)26-15-7-8-25-18(11-15)20(22,23)24/h1-8,10-11,28H,9H2,(H,25,26)(H,27,29). The molecule has 1 heterocycles. The largest absolute Gasteiger partial charge is 0.506 e. The van der Waals surface area contributed by atoms with Gasteiger partial charge in [0.15, 0.2) is 0 Å². The molecule has 0 radical (unpaired) electrons. The van der Waals surface area contributed by atoms with Crippen LogP contribution in [-0.4, -0.2) is 16.0 Å². The van der Waals surface area contributed by atoms with Crippen molar-refractivity contribution >= 4 is 34.6 Å². The fourth-order valence-electron chi connectivity index (χ4n) is 2.52. The number of carbonyl (C=O) groups is 1. The summed E-state index contributed by atoms with van der Waals surface area (Å²) in [4.78, 5) is 15.5. The highest BCUT2D eigenvalue weighted by molar-refractivity contribution is 6.31. The van der Waals surface area contributed by atoms with Crippen molar-refractivity contribution < 1.29 is 23.1 Å². The molecule has 29 heavy (non-hydrogen) atoms. The normalized spacial score (nSPS) is 11.2. The van der Waals surface area contributed by atoms with Gasteiger partial charge in [-0.1, -0.05) is 23.7 Å². The number of anilines is 3. The average molecular weight is 422 g/mol. The molecular formula is C20H15ClF3N3O2. The van der Waals surface area contributed by atoms with Crippen LogP contribution in [0.2, 0.25) is 5.02 Å². The summed E-state index contributed by atoms with van der Waals surface area (Å²) >= 11 is 5.84. The Kier molecular flexibility index (Phi) is 5.93. The van der Waals surface area contributed by atoms with Crippen molar-refractivity contribution in [2.45, 2.75) is 12.6 Å². The molecule has 0 unspecified atom stereocenters. The third-order valence-electron chi connectivity index (χ3n) is 3.89. The number of hydrogen-bond acceptors (Lipinski definition) is 4. The average Bonchev–Trinajstić information content (AvgIpc) is 2.66. The van der Waals surface area contributed by atoms with Gasteiger partial charge in [-0.3, -0.25) is 9.78 Å². The maximum Gasteiger partial charge on any atom is 0.433 e. The first-order valence-electron chi connectivity index (χ1n) is 8.38. The highest BCUT2D eigenvalue weighted by Gasteiger charge is 2.32. The van der Waals surface area contributed by atoms with Gasteiger partial charge >= 0.3 is 6.18 Å². The molecule has 2 aromatic carbocycles. The number of pyridine rings is 1. The van der Waals surface area contributed by atoms with E-state index in [4.69, 9.17) is 11.6 Å². The maximum absolute atomic E-state index is 12.7. The lowest BCUT2D eigenvalue weighted by Gasteiger charge is -2.11. The van der Waals surface area contributed by atoms with Crippen LogP contribution in [0.25, 0.3) is 0 Å². The lowest BCUT2D eigenvalue weighted by atomic mass is 10.1. The minimum absolute atomic E-state index is 0.0414. The summed E-state index contributed by atoms with van der Waals surface area (Å²) < 4.78 is 38.2. The van der Waals surface area contributed by atoms with Crippen molar-refractivity contribution in [2.75, 3.05) is 10.6 Å². The Bertz CT molecular complexity index is 1020. The minimum Gasteiger partial charge on any atom is -0.506 e. The van der Waals surface area contributed by atoms with Gasteiger partial charge in [-0.15, -0.1) is 0 Å². The van der Waals surface area contributed by atoms with Crippen LogP contribution in [0.15, 0.2) is 60.8 Å². The predicted molar refractivity (Wildman–Crippen MR) is 104 cm³/mol. The smallest absolute Gasteiger partial charge is 0.433 e. The van der Waals surface area contributed by atoms with Crippen molar-refractivity contribution in [3.63, 3.8) is 0 Å². The fraction of sp³-hybridized carbons (Fsp3) is 0.100. The van der Waals surface area contributed by atoms with Crippen molar-refractivity contribution in [3.8, 4) is 5.75 Å². The third kappa shape index (κ3) is 5.61. The van der Waals surface area contributed by atoms with E-state index in [1.807, 2.05) is 0 Å². The number of nitrogens with one attached hydrogen (secondary N) is 2. The highest BCUT2D eigenvalue weighted by atomic mass is 35.5. The van der Waals surface area contributed by atoms with Crippen molar-refractivity contribution in [1.82, 2.24) is 4.98 Å². The number of phenolic OH excluding ortho intramolecular Hbond substituents is 1. The van der Waals surface area contributed by atoms with Crippen LogP contribution >= 0.6 is 11.6 Å². The molecule has 0 aliphatic rings. The molecule has 0 saturated heterocycles. The lowest BCUT2D eigenvalue weighted by Crippen LogP contribution is -2.14. The second kappa shape index (κ2) is 8.40. The molecule has 1 aromatic heterocycles.